The van der Waals surface area contributed by atoms with Crippen molar-refractivity contribution in [2.75, 3.05) is 12.4 Å². The van der Waals surface area contributed by atoms with Gasteiger partial charge in [0.05, 0.1) is 12.3 Å². The van der Waals surface area contributed by atoms with E-state index in [1.165, 1.54) is 19.3 Å². The van der Waals surface area contributed by atoms with Gasteiger partial charge in [-0.3, -0.25) is 4.68 Å². The second-order valence-corrected chi connectivity index (χ2v) is 8.62. The van der Waals surface area contributed by atoms with Gasteiger partial charge in [-0.05, 0) is 54.6 Å². The summed E-state index contributed by atoms with van der Waals surface area (Å²) in [4.78, 5) is 12.6. The predicted octanol–water partition coefficient (Wildman–Crippen LogP) is 2.66. The first-order valence-electron chi connectivity index (χ1n) is 8.52. The molecule has 0 N–H and O–H groups in total. The minimum absolute atomic E-state index is 0.158. The van der Waals surface area contributed by atoms with E-state index < -0.39 is 0 Å². The molecule has 5 heteroatoms. The summed E-state index contributed by atoms with van der Waals surface area (Å²) in [5.74, 6) is 6.27. The van der Waals surface area contributed by atoms with Crippen molar-refractivity contribution in [1.82, 2.24) is 9.78 Å². The van der Waals surface area contributed by atoms with E-state index in [0.29, 0.717) is 18.2 Å². The largest absolute Gasteiger partial charge is 0.461 e. The van der Waals surface area contributed by atoms with Crippen LogP contribution in [0.1, 0.15) is 41.0 Å². The Morgan fingerprint density at radius 1 is 1.32 bits per heavy atom. The highest BCUT2D eigenvalue weighted by Gasteiger charge is 2.60. The molecule has 5 unspecified atom stereocenters. The maximum Gasteiger partial charge on any atom is 0.356 e. The third-order valence-corrected chi connectivity index (χ3v) is 7.40. The number of hydrogen-bond donors (Lipinski definition) is 0. The van der Waals surface area contributed by atoms with Crippen LogP contribution in [-0.4, -0.2) is 28.1 Å². The molecule has 118 valence electrons. The second kappa shape index (κ2) is 4.76. The standard InChI is InChI=1S/C17H22N2O2S/c1-19-16(14-8-22-3-2-15(14)18-19)17(20)21-7-10-4-9-5-11(10)13-6-12(9)13/h9-13H,2-8H2,1H3. The lowest BCUT2D eigenvalue weighted by molar-refractivity contribution is 0.0374. The van der Waals surface area contributed by atoms with Crippen LogP contribution in [0, 0.1) is 29.6 Å². The average molecular weight is 318 g/mol. The van der Waals surface area contributed by atoms with E-state index in [1.54, 1.807) is 4.68 Å². The Morgan fingerprint density at radius 3 is 3.05 bits per heavy atom. The normalized spacial score (nSPS) is 37.8. The fourth-order valence-corrected chi connectivity index (χ4v) is 6.35. The highest BCUT2D eigenvalue weighted by molar-refractivity contribution is 7.98. The number of ether oxygens (including phenoxy) is 1. The van der Waals surface area contributed by atoms with Crippen LogP contribution in [0.2, 0.25) is 0 Å². The fourth-order valence-electron chi connectivity index (χ4n) is 5.36. The van der Waals surface area contributed by atoms with Crippen molar-refractivity contribution in [3.8, 4) is 0 Å². The summed E-state index contributed by atoms with van der Waals surface area (Å²) in [6.07, 6.45) is 5.11. The molecular formula is C17H22N2O2S. The maximum atomic E-state index is 12.6. The smallest absolute Gasteiger partial charge is 0.356 e. The molecule has 2 heterocycles. The predicted molar refractivity (Wildman–Crippen MR) is 84.7 cm³/mol. The number of esters is 1. The summed E-state index contributed by atoms with van der Waals surface area (Å²) in [5.41, 5.74) is 2.89. The van der Waals surface area contributed by atoms with E-state index in [2.05, 4.69) is 5.10 Å². The number of hydrogen-bond acceptors (Lipinski definition) is 4. The number of aromatic nitrogens is 2. The van der Waals surface area contributed by atoms with Crippen molar-refractivity contribution in [2.45, 2.75) is 31.4 Å². The molecule has 0 amide bonds. The number of carbonyl (C=O) groups is 1. The van der Waals surface area contributed by atoms with E-state index in [0.717, 1.165) is 52.9 Å². The Bertz CT molecular complexity index is 641. The maximum absolute atomic E-state index is 12.6. The van der Waals surface area contributed by atoms with Crippen LogP contribution in [0.15, 0.2) is 0 Å². The molecule has 4 aliphatic rings. The summed E-state index contributed by atoms with van der Waals surface area (Å²) in [6, 6.07) is 0. The molecule has 4 nitrogen and oxygen atoms in total. The van der Waals surface area contributed by atoms with E-state index in [4.69, 9.17) is 4.74 Å². The Balaban J connectivity index is 1.28. The summed E-state index contributed by atoms with van der Waals surface area (Å²) < 4.78 is 7.46. The van der Waals surface area contributed by atoms with Crippen molar-refractivity contribution in [3.63, 3.8) is 0 Å². The van der Waals surface area contributed by atoms with Gasteiger partial charge >= 0.3 is 5.97 Å². The van der Waals surface area contributed by atoms with Gasteiger partial charge in [-0.2, -0.15) is 16.9 Å². The first kappa shape index (κ1) is 13.5. The summed E-state index contributed by atoms with van der Waals surface area (Å²) >= 11 is 1.88. The van der Waals surface area contributed by atoms with Gasteiger partial charge in [-0.25, -0.2) is 4.79 Å². The molecule has 3 fully saturated rings. The van der Waals surface area contributed by atoms with Crippen LogP contribution >= 0.6 is 11.8 Å². The van der Waals surface area contributed by atoms with Gasteiger partial charge in [-0.1, -0.05) is 0 Å². The monoisotopic (exact) mass is 318 g/mol. The topological polar surface area (TPSA) is 44.1 Å². The first-order chi connectivity index (χ1) is 10.7. The van der Waals surface area contributed by atoms with Gasteiger partial charge in [0.15, 0.2) is 5.69 Å². The summed E-state index contributed by atoms with van der Waals surface area (Å²) in [6.45, 7) is 0.621. The van der Waals surface area contributed by atoms with Gasteiger partial charge in [-0.15, -0.1) is 0 Å². The zero-order valence-corrected chi connectivity index (χ0v) is 13.8. The van der Waals surface area contributed by atoms with Gasteiger partial charge < -0.3 is 4.74 Å². The minimum Gasteiger partial charge on any atom is -0.461 e. The molecule has 5 atom stereocenters. The lowest BCUT2D eigenvalue weighted by atomic mass is 9.89. The Hall–Kier alpha value is -0.970. The van der Waals surface area contributed by atoms with Crippen LogP contribution in [0.3, 0.4) is 0 Å². The summed E-state index contributed by atoms with van der Waals surface area (Å²) in [5, 5.41) is 4.51. The van der Waals surface area contributed by atoms with E-state index in [-0.39, 0.29) is 5.97 Å². The fraction of sp³-hybridized carbons (Fsp3) is 0.765. The molecule has 1 aromatic heterocycles. The number of rotatable bonds is 3. The van der Waals surface area contributed by atoms with Gasteiger partial charge in [0.1, 0.15) is 0 Å². The van der Waals surface area contributed by atoms with Gasteiger partial charge in [0, 0.05) is 24.8 Å². The van der Waals surface area contributed by atoms with Gasteiger partial charge in [0.25, 0.3) is 0 Å². The van der Waals surface area contributed by atoms with Crippen LogP contribution in [0.5, 0.6) is 0 Å². The molecule has 0 radical (unpaired) electrons. The zero-order chi connectivity index (χ0) is 14.8. The highest BCUT2D eigenvalue weighted by Crippen LogP contribution is 2.67. The van der Waals surface area contributed by atoms with Crippen LogP contribution in [0.25, 0.3) is 0 Å². The first-order valence-corrected chi connectivity index (χ1v) is 9.67. The van der Waals surface area contributed by atoms with Gasteiger partial charge in [0.2, 0.25) is 0 Å². The van der Waals surface area contributed by atoms with Crippen molar-refractivity contribution < 1.29 is 9.53 Å². The molecule has 0 saturated heterocycles. The molecule has 0 spiro atoms. The van der Waals surface area contributed by atoms with Crippen LogP contribution in [0.4, 0.5) is 0 Å². The van der Waals surface area contributed by atoms with E-state index >= 15 is 0 Å². The molecule has 0 aromatic carbocycles. The molecule has 5 rings (SSSR count). The Labute approximate surface area is 135 Å². The van der Waals surface area contributed by atoms with Crippen molar-refractivity contribution in [2.24, 2.45) is 36.6 Å². The molecule has 22 heavy (non-hydrogen) atoms. The number of fused-ring (bicyclic) bond motifs is 6. The number of aryl methyl sites for hydroxylation is 2. The second-order valence-electron chi connectivity index (χ2n) is 7.52. The van der Waals surface area contributed by atoms with E-state index in [1.807, 2.05) is 18.8 Å². The lowest BCUT2D eigenvalue weighted by Crippen LogP contribution is -2.22. The average Bonchev–Trinajstić information content (AvgIpc) is 2.96. The number of nitrogens with zero attached hydrogens (tertiary/aromatic N) is 2. The minimum atomic E-state index is -0.158. The Kier molecular flexibility index (Phi) is 2.91. The van der Waals surface area contributed by atoms with Crippen molar-refractivity contribution in [3.05, 3.63) is 17.0 Å². The highest BCUT2D eigenvalue weighted by atomic mass is 32.2. The molecule has 2 bridgehead atoms. The van der Waals surface area contributed by atoms with Crippen molar-refractivity contribution >= 4 is 17.7 Å². The van der Waals surface area contributed by atoms with Crippen LogP contribution in [-0.2, 0) is 24.0 Å². The third-order valence-electron chi connectivity index (χ3n) is 6.41. The molecule has 1 aromatic rings. The van der Waals surface area contributed by atoms with Crippen molar-refractivity contribution in [1.29, 1.82) is 0 Å². The molecule has 3 aliphatic carbocycles. The van der Waals surface area contributed by atoms with Crippen LogP contribution < -0.4 is 0 Å². The summed E-state index contributed by atoms with van der Waals surface area (Å²) in [7, 11) is 1.87. The molecule has 3 saturated carbocycles. The Morgan fingerprint density at radius 2 is 2.23 bits per heavy atom. The zero-order valence-electron chi connectivity index (χ0n) is 13.0. The number of carbonyl (C=O) groups excluding carboxylic acids is 1. The quantitative estimate of drug-likeness (QED) is 0.804. The SMILES string of the molecule is Cn1nc2c(c1C(=O)OCC1CC3CC1C1CC31)CSCC2. The van der Waals surface area contributed by atoms with E-state index in [9.17, 15) is 4.79 Å². The molecular weight excluding hydrogens is 296 g/mol. The number of thioether (sulfide) groups is 1. The third kappa shape index (κ3) is 1.90. The molecule has 1 aliphatic heterocycles. The lowest BCUT2D eigenvalue weighted by Gasteiger charge is -2.21.